The number of benzene rings is 2. The van der Waals surface area contributed by atoms with E-state index in [1.807, 2.05) is 38.1 Å². The van der Waals surface area contributed by atoms with Gasteiger partial charge in [-0.25, -0.2) is 0 Å². The minimum absolute atomic E-state index is 0.0560. The molecule has 140 valence electrons. The Labute approximate surface area is 168 Å². The maximum Gasteiger partial charge on any atom is 0.237 e. The summed E-state index contributed by atoms with van der Waals surface area (Å²) in [6, 6.07) is 12.6. The molecule has 3 atom stereocenters. The van der Waals surface area contributed by atoms with Crippen molar-refractivity contribution in [2.24, 2.45) is 5.92 Å². The van der Waals surface area contributed by atoms with Gasteiger partial charge in [-0.2, -0.15) is 0 Å². The highest BCUT2D eigenvalue weighted by Crippen LogP contribution is 2.54. The van der Waals surface area contributed by atoms with Crippen LogP contribution in [0.25, 0.3) is 0 Å². The molecule has 2 aliphatic heterocycles. The first kappa shape index (κ1) is 18.3. The van der Waals surface area contributed by atoms with Gasteiger partial charge in [0.25, 0.3) is 0 Å². The first-order chi connectivity index (χ1) is 12.8. The Hall–Kier alpha value is -2.04. The maximum absolute atomic E-state index is 13.5. The molecule has 0 aliphatic carbocycles. The van der Waals surface area contributed by atoms with E-state index in [1.54, 1.807) is 18.2 Å². The smallest absolute Gasteiger partial charge is 0.237 e. The van der Waals surface area contributed by atoms with Gasteiger partial charge in [0.05, 0.1) is 6.04 Å². The Bertz CT molecular complexity index is 944. The number of carbonyl (C=O) groups is 2. The van der Waals surface area contributed by atoms with E-state index in [1.165, 1.54) is 0 Å². The molecule has 2 aromatic rings. The second-order valence-corrected chi connectivity index (χ2v) is 8.49. The van der Waals surface area contributed by atoms with Crippen LogP contribution in [0.3, 0.4) is 0 Å². The van der Waals surface area contributed by atoms with Crippen LogP contribution in [0.15, 0.2) is 42.5 Å². The first-order valence-corrected chi connectivity index (χ1v) is 9.76. The maximum atomic E-state index is 13.5. The fraction of sp³-hybridized carbons (Fsp3) is 0.333. The lowest BCUT2D eigenvalue weighted by molar-refractivity contribution is -0.132. The second kappa shape index (κ2) is 6.54. The van der Waals surface area contributed by atoms with Gasteiger partial charge in [0.15, 0.2) is 0 Å². The van der Waals surface area contributed by atoms with Crippen LogP contribution in [0, 0.1) is 5.92 Å². The van der Waals surface area contributed by atoms with Crippen molar-refractivity contribution in [3.05, 3.63) is 63.6 Å². The van der Waals surface area contributed by atoms with Gasteiger partial charge in [0.1, 0.15) is 5.41 Å². The van der Waals surface area contributed by atoms with E-state index in [9.17, 15) is 9.59 Å². The van der Waals surface area contributed by atoms with Crippen molar-refractivity contribution >= 4 is 40.7 Å². The van der Waals surface area contributed by atoms with Gasteiger partial charge in [-0.3, -0.25) is 9.59 Å². The summed E-state index contributed by atoms with van der Waals surface area (Å²) in [5.74, 6) is -0.425. The lowest BCUT2D eigenvalue weighted by Gasteiger charge is -2.48. The van der Waals surface area contributed by atoms with Crippen LogP contribution in [0.4, 0.5) is 5.69 Å². The average molecular weight is 403 g/mol. The van der Waals surface area contributed by atoms with E-state index in [0.29, 0.717) is 15.7 Å². The van der Waals surface area contributed by atoms with Gasteiger partial charge in [0.2, 0.25) is 11.8 Å². The molecule has 1 fully saturated rings. The Morgan fingerprint density at radius 2 is 1.81 bits per heavy atom. The van der Waals surface area contributed by atoms with Gasteiger partial charge in [-0.05, 0) is 41.3 Å². The van der Waals surface area contributed by atoms with Crippen LogP contribution in [0.1, 0.15) is 37.3 Å². The van der Waals surface area contributed by atoms with Gasteiger partial charge < -0.3 is 10.6 Å². The highest BCUT2D eigenvalue weighted by molar-refractivity contribution is 6.31. The summed E-state index contributed by atoms with van der Waals surface area (Å²) in [6.45, 7) is 4.04. The SMILES string of the molecule is CC(C)[C@H]1NC(=O)C[C@@H](c2cccc(Cl)c2)[C@]12C(=O)Nc1cc(Cl)ccc12. The van der Waals surface area contributed by atoms with E-state index in [-0.39, 0.29) is 36.1 Å². The van der Waals surface area contributed by atoms with Crippen LogP contribution in [0.5, 0.6) is 0 Å². The number of hydrogen-bond donors (Lipinski definition) is 2. The van der Waals surface area contributed by atoms with Crippen LogP contribution in [-0.2, 0) is 15.0 Å². The molecule has 4 rings (SSSR count). The molecule has 4 nitrogen and oxygen atoms in total. The van der Waals surface area contributed by atoms with Crippen LogP contribution >= 0.6 is 23.2 Å². The molecule has 1 saturated heterocycles. The molecule has 0 aromatic heterocycles. The van der Waals surface area contributed by atoms with Crippen LogP contribution < -0.4 is 10.6 Å². The number of carbonyl (C=O) groups excluding carboxylic acids is 2. The molecule has 2 aliphatic rings. The highest BCUT2D eigenvalue weighted by atomic mass is 35.5. The average Bonchev–Trinajstić information content (AvgIpc) is 2.88. The summed E-state index contributed by atoms with van der Waals surface area (Å²) in [5.41, 5.74) is 1.56. The van der Waals surface area contributed by atoms with Crippen molar-refractivity contribution in [2.75, 3.05) is 5.32 Å². The van der Waals surface area contributed by atoms with Crippen molar-refractivity contribution < 1.29 is 9.59 Å². The third-order valence-electron chi connectivity index (χ3n) is 5.72. The Morgan fingerprint density at radius 3 is 2.52 bits per heavy atom. The largest absolute Gasteiger partial charge is 0.352 e. The number of halogens is 2. The first-order valence-electron chi connectivity index (χ1n) is 9.00. The Kier molecular flexibility index (Phi) is 4.44. The summed E-state index contributed by atoms with van der Waals surface area (Å²) in [6.07, 6.45) is 0.221. The number of anilines is 1. The van der Waals surface area contributed by atoms with Crippen LogP contribution in [0.2, 0.25) is 10.0 Å². The molecule has 6 heteroatoms. The molecule has 2 amide bonds. The van der Waals surface area contributed by atoms with E-state index < -0.39 is 5.41 Å². The van der Waals surface area contributed by atoms with Crippen LogP contribution in [-0.4, -0.2) is 17.9 Å². The quantitative estimate of drug-likeness (QED) is 0.775. The van der Waals surface area contributed by atoms with Gasteiger partial charge >= 0.3 is 0 Å². The molecule has 0 unspecified atom stereocenters. The van der Waals surface area contributed by atoms with E-state index in [4.69, 9.17) is 23.2 Å². The van der Waals surface area contributed by atoms with Gasteiger partial charge in [-0.1, -0.05) is 55.2 Å². The number of amides is 2. The molecule has 2 aromatic carbocycles. The van der Waals surface area contributed by atoms with Crippen molar-refractivity contribution in [2.45, 2.75) is 37.6 Å². The molecule has 1 spiro atoms. The van der Waals surface area contributed by atoms with Crippen molar-refractivity contribution in [1.82, 2.24) is 5.32 Å². The third kappa shape index (κ3) is 2.74. The molecule has 0 saturated carbocycles. The van der Waals surface area contributed by atoms with E-state index in [2.05, 4.69) is 10.6 Å². The summed E-state index contributed by atoms with van der Waals surface area (Å²) in [4.78, 5) is 26.0. The van der Waals surface area contributed by atoms with E-state index in [0.717, 1.165) is 11.1 Å². The van der Waals surface area contributed by atoms with Gasteiger partial charge in [0, 0.05) is 28.1 Å². The number of nitrogens with one attached hydrogen (secondary N) is 2. The lowest BCUT2D eigenvalue weighted by Crippen LogP contribution is -2.63. The Morgan fingerprint density at radius 1 is 1.07 bits per heavy atom. The Balaban J connectivity index is 2.00. The predicted octanol–water partition coefficient (Wildman–Crippen LogP) is 4.51. The minimum Gasteiger partial charge on any atom is -0.352 e. The second-order valence-electron chi connectivity index (χ2n) is 7.61. The zero-order chi connectivity index (χ0) is 19.3. The zero-order valence-corrected chi connectivity index (χ0v) is 16.6. The minimum atomic E-state index is -0.910. The highest BCUT2D eigenvalue weighted by Gasteiger charge is 2.61. The summed E-state index contributed by atoms with van der Waals surface area (Å²) >= 11 is 12.4. The summed E-state index contributed by atoms with van der Waals surface area (Å²) in [5, 5.41) is 7.24. The molecule has 2 heterocycles. The van der Waals surface area contributed by atoms with Crippen molar-refractivity contribution in [3.63, 3.8) is 0 Å². The number of rotatable bonds is 2. The monoisotopic (exact) mass is 402 g/mol. The predicted molar refractivity (Wildman–Crippen MR) is 107 cm³/mol. The topological polar surface area (TPSA) is 58.2 Å². The number of piperidine rings is 1. The van der Waals surface area contributed by atoms with Gasteiger partial charge in [-0.15, -0.1) is 0 Å². The number of hydrogen-bond acceptors (Lipinski definition) is 2. The summed E-state index contributed by atoms with van der Waals surface area (Å²) < 4.78 is 0. The standard InChI is InChI=1S/C21H20Cl2N2O2/c1-11(2)19-21(15-7-6-14(23)9-17(15)24-20(21)27)16(10-18(26)25-19)12-4-3-5-13(22)8-12/h3-9,11,16,19H,10H2,1-2H3,(H,24,27)(H,25,26)/t16-,19+,21-/m0/s1. The molecular formula is C21H20Cl2N2O2. The van der Waals surface area contributed by atoms with Crippen molar-refractivity contribution in [3.8, 4) is 0 Å². The van der Waals surface area contributed by atoms with E-state index >= 15 is 0 Å². The molecule has 0 radical (unpaired) electrons. The molecule has 2 N–H and O–H groups in total. The lowest BCUT2D eigenvalue weighted by atomic mass is 9.58. The number of fused-ring (bicyclic) bond motifs is 2. The normalized spacial score (nSPS) is 26.9. The zero-order valence-electron chi connectivity index (χ0n) is 15.1. The molecular weight excluding hydrogens is 383 g/mol. The molecule has 0 bridgehead atoms. The van der Waals surface area contributed by atoms with Crippen molar-refractivity contribution in [1.29, 1.82) is 0 Å². The summed E-state index contributed by atoms with van der Waals surface area (Å²) in [7, 11) is 0. The fourth-order valence-corrected chi connectivity index (χ4v) is 5.06. The molecule has 27 heavy (non-hydrogen) atoms. The fourth-order valence-electron chi connectivity index (χ4n) is 4.69. The third-order valence-corrected chi connectivity index (χ3v) is 6.19.